The second-order valence-corrected chi connectivity index (χ2v) is 7.14. The minimum absolute atomic E-state index is 0.304. The van der Waals surface area contributed by atoms with E-state index in [-0.39, 0.29) is 0 Å². The Bertz CT molecular complexity index is 264. The van der Waals surface area contributed by atoms with E-state index < -0.39 is 5.60 Å². The topological polar surface area (TPSA) is 35.5 Å². The Morgan fingerprint density at radius 3 is 2.26 bits per heavy atom. The van der Waals surface area contributed by atoms with E-state index in [1.165, 1.54) is 51.6 Å². The smallest absolute Gasteiger partial charge is 0.0766 e. The van der Waals surface area contributed by atoms with Crippen molar-refractivity contribution in [3.8, 4) is 0 Å². The Kier molecular flexibility index (Phi) is 5.27. The summed E-state index contributed by atoms with van der Waals surface area (Å²) in [6.45, 7) is 9.32. The van der Waals surface area contributed by atoms with Gasteiger partial charge in [-0.05, 0) is 51.6 Å². The molecule has 0 aromatic rings. The van der Waals surface area contributed by atoms with Crippen LogP contribution in [-0.2, 0) is 0 Å². The summed E-state index contributed by atoms with van der Waals surface area (Å²) in [7, 11) is 0. The lowest BCUT2D eigenvalue weighted by atomic mass is 9.91. The Labute approximate surface area is 118 Å². The van der Waals surface area contributed by atoms with Gasteiger partial charge in [0, 0.05) is 18.6 Å². The summed E-state index contributed by atoms with van der Waals surface area (Å²) in [5.41, 5.74) is -0.581. The molecule has 19 heavy (non-hydrogen) atoms. The zero-order valence-electron chi connectivity index (χ0n) is 13.0. The van der Waals surface area contributed by atoms with E-state index in [4.69, 9.17) is 0 Å². The van der Waals surface area contributed by atoms with Crippen molar-refractivity contribution in [2.75, 3.05) is 19.6 Å². The van der Waals surface area contributed by atoms with E-state index >= 15 is 0 Å². The van der Waals surface area contributed by atoms with Crippen molar-refractivity contribution in [2.45, 2.75) is 77.0 Å². The molecular formula is C16H32N2O. The molecule has 0 spiro atoms. The van der Waals surface area contributed by atoms with Gasteiger partial charge in [-0.2, -0.15) is 0 Å². The molecule has 1 heterocycles. The minimum Gasteiger partial charge on any atom is -0.389 e. The van der Waals surface area contributed by atoms with E-state index in [0.717, 1.165) is 12.6 Å². The second-order valence-electron chi connectivity index (χ2n) is 7.14. The average molecular weight is 268 g/mol. The highest BCUT2D eigenvalue weighted by Crippen LogP contribution is 2.26. The molecule has 0 aromatic heterocycles. The molecule has 2 rings (SSSR count). The van der Waals surface area contributed by atoms with Gasteiger partial charge >= 0.3 is 0 Å². The number of hydrogen-bond donors (Lipinski definition) is 2. The number of rotatable bonds is 5. The Morgan fingerprint density at radius 1 is 1.16 bits per heavy atom. The van der Waals surface area contributed by atoms with Crippen LogP contribution < -0.4 is 5.32 Å². The molecule has 2 fully saturated rings. The summed E-state index contributed by atoms with van der Waals surface area (Å²) in [6.07, 6.45) is 8.18. The van der Waals surface area contributed by atoms with Crippen molar-refractivity contribution in [3.63, 3.8) is 0 Å². The molecule has 1 saturated carbocycles. The molecule has 0 radical (unpaired) electrons. The maximum absolute atomic E-state index is 10.3. The van der Waals surface area contributed by atoms with Crippen LogP contribution in [0.3, 0.4) is 0 Å². The molecule has 1 atom stereocenters. The quantitative estimate of drug-likeness (QED) is 0.803. The summed E-state index contributed by atoms with van der Waals surface area (Å²) in [4.78, 5) is 2.70. The maximum Gasteiger partial charge on any atom is 0.0766 e. The highest BCUT2D eigenvalue weighted by atomic mass is 16.3. The lowest BCUT2D eigenvalue weighted by Crippen LogP contribution is -2.50. The minimum atomic E-state index is -0.581. The number of aliphatic hydroxyl groups is 1. The van der Waals surface area contributed by atoms with Gasteiger partial charge in [0.15, 0.2) is 0 Å². The first-order valence-corrected chi connectivity index (χ1v) is 8.19. The third-order valence-corrected chi connectivity index (χ3v) is 5.36. The molecule has 3 nitrogen and oxygen atoms in total. The predicted octanol–water partition coefficient (Wildman–Crippen LogP) is 2.39. The van der Waals surface area contributed by atoms with Crippen LogP contribution in [0, 0.1) is 5.92 Å². The molecule has 2 aliphatic rings. The lowest BCUT2D eigenvalue weighted by Gasteiger charge is -2.38. The standard InChI is InChI=1S/C16H32N2O/c1-13(2)16(3,19)12-17-14-8-10-18(11-9-14)15-6-4-5-7-15/h13-15,17,19H,4-12H2,1-3H3. The van der Waals surface area contributed by atoms with Gasteiger partial charge in [0.2, 0.25) is 0 Å². The van der Waals surface area contributed by atoms with Gasteiger partial charge in [0.05, 0.1) is 5.60 Å². The first-order chi connectivity index (χ1) is 8.99. The first kappa shape index (κ1) is 15.3. The molecular weight excluding hydrogens is 236 g/mol. The zero-order valence-corrected chi connectivity index (χ0v) is 13.0. The normalized spacial score (nSPS) is 27.0. The number of hydrogen-bond acceptors (Lipinski definition) is 3. The second kappa shape index (κ2) is 6.55. The number of likely N-dealkylation sites (tertiary alicyclic amines) is 1. The number of piperidine rings is 1. The fraction of sp³-hybridized carbons (Fsp3) is 1.00. The first-order valence-electron chi connectivity index (χ1n) is 8.19. The third-order valence-electron chi connectivity index (χ3n) is 5.36. The highest BCUT2D eigenvalue weighted by molar-refractivity contribution is 4.86. The largest absolute Gasteiger partial charge is 0.389 e. The van der Waals surface area contributed by atoms with Crippen molar-refractivity contribution >= 4 is 0 Å². The molecule has 1 aliphatic carbocycles. The van der Waals surface area contributed by atoms with Crippen LogP contribution in [0.2, 0.25) is 0 Å². The Balaban J connectivity index is 1.68. The van der Waals surface area contributed by atoms with Gasteiger partial charge in [0.25, 0.3) is 0 Å². The van der Waals surface area contributed by atoms with Gasteiger partial charge in [-0.3, -0.25) is 0 Å². The summed E-state index contributed by atoms with van der Waals surface area (Å²) in [6, 6.07) is 1.47. The van der Waals surface area contributed by atoms with Gasteiger partial charge < -0.3 is 15.3 Å². The van der Waals surface area contributed by atoms with Crippen molar-refractivity contribution in [3.05, 3.63) is 0 Å². The van der Waals surface area contributed by atoms with E-state index in [0.29, 0.717) is 12.0 Å². The molecule has 3 heteroatoms. The van der Waals surface area contributed by atoms with Crippen LogP contribution in [-0.4, -0.2) is 47.3 Å². The van der Waals surface area contributed by atoms with Gasteiger partial charge in [0.1, 0.15) is 0 Å². The van der Waals surface area contributed by atoms with E-state index in [1.54, 1.807) is 0 Å². The summed E-state index contributed by atoms with van der Waals surface area (Å²) in [5, 5.41) is 13.9. The SMILES string of the molecule is CC(C)C(C)(O)CNC1CCN(C2CCCC2)CC1. The molecule has 0 aromatic carbocycles. The fourth-order valence-corrected chi connectivity index (χ4v) is 3.29. The molecule has 2 N–H and O–H groups in total. The monoisotopic (exact) mass is 268 g/mol. The molecule has 0 bridgehead atoms. The highest BCUT2D eigenvalue weighted by Gasteiger charge is 2.29. The van der Waals surface area contributed by atoms with Crippen molar-refractivity contribution in [2.24, 2.45) is 5.92 Å². The van der Waals surface area contributed by atoms with Crippen LogP contribution in [0.15, 0.2) is 0 Å². The maximum atomic E-state index is 10.3. The molecule has 112 valence electrons. The van der Waals surface area contributed by atoms with E-state index in [9.17, 15) is 5.11 Å². The average Bonchev–Trinajstić information content (AvgIpc) is 2.91. The Morgan fingerprint density at radius 2 is 1.74 bits per heavy atom. The van der Waals surface area contributed by atoms with Gasteiger partial charge in [-0.15, -0.1) is 0 Å². The van der Waals surface area contributed by atoms with E-state index in [2.05, 4.69) is 24.1 Å². The summed E-state index contributed by atoms with van der Waals surface area (Å²) < 4.78 is 0. The van der Waals surface area contributed by atoms with Crippen LogP contribution in [0.4, 0.5) is 0 Å². The van der Waals surface area contributed by atoms with Crippen LogP contribution >= 0.6 is 0 Å². The molecule has 0 amide bonds. The summed E-state index contributed by atoms with van der Waals surface area (Å²) in [5.74, 6) is 0.304. The van der Waals surface area contributed by atoms with Gasteiger partial charge in [-0.25, -0.2) is 0 Å². The van der Waals surface area contributed by atoms with Crippen LogP contribution in [0.1, 0.15) is 59.3 Å². The molecule has 1 unspecified atom stereocenters. The van der Waals surface area contributed by atoms with Crippen molar-refractivity contribution in [1.29, 1.82) is 0 Å². The fourth-order valence-electron chi connectivity index (χ4n) is 3.29. The number of nitrogens with zero attached hydrogens (tertiary/aromatic N) is 1. The zero-order chi connectivity index (χ0) is 13.9. The van der Waals surface area contributed by atoms with Crippen LogP contribution in [0.5, 0.6) is 0 Å². The van der Waals surface area contributed by atoms with E-state index in [1.807, 2.05) is 6.92 Å². The van der Waals surface area contributed by atoms with Crippen LogP contribution in [0.25, 0.3) is 0 Å². The third kappa shape index (κ3) is 4.17. The van der Waals surface area contributed by atoms with Crippen molar-refractivity contribution in [1.82, 2.24) is 10.2 Å². The molecule has 1 saturated heterocycles. The number of nitrogens with one attached hydrogen (secondary N) is 1. The lowest BCUT2D eigenvalue weighted by molar-refractivity contribution is 0.00899. The summed E-state index contributed by atoms with van der Waals surface area (Å²) >= 11 is 0. The molecule has 1 aliphatic heterocycles. The van der Waals surface area contributed by atoms with Crippen molar-refractivity contribution < 1.29 is 5.11 Å². The predicted molar refractivity (Wildman–Crippen MR) is 80.3 cm³/mol. The van der Waals surface area contributed by atoms with Gasteiger partial charge in [-0.1, -0.05) is 26.7 Å². The Hall–Kier alpha value is -0.120.